The Morgan fingerprint density at radius 3 is 2.76 bits per heavy atom. The van der Waals surface area contributed by atoms with Crippen LogP contribution in [0.2, 0.25) is 10.0 Å². The standard InChI is InChI=1S/C15H15Cl2FN2O/c1-19-12(15-11(17)7-10(16)8-20-15)6-9-4-3-5-13(21-2)14(9)18/h3-5,7-8,12,19H,6H2,1-2H3. The van der Waals surface area contributed by atoms with Crippen molar-refractivity contribution < 1.29 is 9.13 Å². The topological polar surface area (TPSA) is 34.1 Å². The number of ether oxygens (including phenoxy) is 1. The van der Waals surface area contributed by atoms with Gasteiger partial charge in [-0.05, 0) is 31.2 Å². The lowest BCUT2D eigenvalue weighted by atomic mass is 10.0. The molecule has 0 spiro atoms. The summed E-state index contributed by atoms with van der Waals surface area (Å²) in [6, 6.07) is 6.45. The highest BCUT2D eigenvalue weighted by Gasteiger charge is 2.18. The van der Waals surface area contributed by atoms with Crippen LogP contribution in [0.5, 0.6) is 5.75 Å². The molecule has 1 aromatic carbocycles. The van der Waals surface area contributed by atoms with Gasteiger partial charge in [-0.15, -0.1) is 0 Å². The van der Waals surface area contributed by atoms with Crippen molar-refractivity contribution in [1.29, 1.82) is 0 Å². The fourth-order valence-corrected chi connectivity index (χ4v) is 2.62. The van der Waals surface area contributed by atoms with E-state index in [2.05, 4.69) is 10.3 Å². The van der Waals surface area contributed by atoms with E-state index in [1.807, 2.05) is 0 Å². The third-order valence-corrected chi connectivity index (χ3v) is 3.71. The molecule has 0 aliphatic heterocycles. The maximum Gasteiger partial charge on any atom is 0.168 e. The van der Waals surface area contributed by atoms with Crippen LogP contribution in [0.4, 0.5) is 4.39 Å². The zero-order valence-electron chi connectivity index (χ0n) is 11.7. The van der Waals surface area contributed by atoms with Gasteiger partial charge < -0.3 is 10.1 Å². The maximum atomic E-state index is 14.2. The Hall–Kier alpha value is -1.36. The first kappa shape index (κ1) is 16.0. The molecule has 112 valence electrons. The predicted molar refractivity (Wildman–Crippen MR) is 82.7 cm³/mol. The van der Waals surface area contributed by atoms with Gasteiger partial charge in [0.15, 0.2) is 11.6 Å². The molecule has 2 rings (SSSR count). The van der Waals surface area contributed by atoms with Crippen LogP contribution in [0.1, 0.15) is 17.3 Å². The Bertz CT molecular complexity index is 637. The Kier molecular flexibility index (Phi) is 5.39. The number of nitrogens with one attached hydrogen (secondary N) is 1. The number of methoxy groups -OCH3 is 1. The SMILES string of the molecule is CNC(Cc1cccc(OC)c1F)c1ncc(Cl)cc1Cl. The van der Waals surface area contributed by atoms with E-state index in [1.54, 1.807) is 31.3 Å². The van der Waals surface area contributed by atoms with E-state index in [1.165, 1.54) is 13.3 Å². The van der Waals surface area contributed by atoms with Crippen molar-refractivity contribution in [2.45, 2.75) is 12.5 Å². The number of pyridine rings is 1. The van der Waals surface area contributed by atoms with E-state index >= 15 is 0 Å². The minimum absolute atomic E-state index is 0.220. The van der Waals surface area contributed by atoms with Crippen molar-refractivity contribution in [3.63, 3.8) is 0 Å². The molecule has 0 aliphatic carbocycles. The third-order valence-electron chi connectivity index (χ3n) is 3.20. The number of halogens is 3. The molecule has 0 aliphatic rings. The number of hydrogen-bond donors (Lipinski definition) is 1. The highest BCUT2D eigenvalue weighted by molar-refractivity contribution is 6.34. The van der Waals surface area contributed by atoms with Crippen LogP contribution in [-0.2, 0) is 6.42 Å². The molecule has 0 fully saturated rings. The van der Waals surface area contributed by atoms with Crippen LogP contribution in [0.25, 0.3) is 0 Å². The minimum Gasteiger partial charge on any atom is -0.494 e. The van der Waals surface area contributed by atoms with E-state index < -0.39 is 0 Å². The van der Waals surface area contributed by atoms with Gasteiger partial charge in [0.05, 0.1) is 28.9 Å². The summed E-state index contributed by atoms with van der Waals surface area (Å²) >= 11 is 12.0. The van der Waals surface area contributed by atoms with Gasteiger partial charge in [-0.25, -0.2) is 4.39 Å². The molecule has 1 unspecified atom stereocenters. The van der Waals surface area contributed by atoms with E-state index in [4.69, 9.17) is 27.9 Å². The van der Waals surface area contributed by atoms with Crippen molar-refractivity contribution >= 4 is 23.2 Å². The number of rotatable bonds is 5. The van der Waals surface area contributed by atoms with Crippen LogP contribution in [0.3, 0.4) is 0 Å². The molecular formula is C15H15Cl2FN2O. The second kappa shape index (κ2) is 7.07. The van der Waals surface area contributed by atoms with Gasteiger partial charge in [0.1, 0.15) is 0 Å². The molecule has 2 aromatic rings. The molecule has 1 heterocycles. The number of aromatic nitrogens is 1. The highest BCUT2D eigenvalue weighted by Crippen LogP contribution is 2.28. The van der Waals surface area contributed by atoms with Crippen LogP contribution in [0.15, 0.2) is 30.5 Å². The van der Waals surface area contributed by atoms with Crippen molar-refractivity contribution in [2.75, 3.05) is 14.2 Å². The first-order valence-corrected chi connectivity index (χ1v) is 7.12. The van der Waals surface area contributed by atoms with Gasteiger partial charge in [-0.3, -0.25) is 4.98 Å². The van der Waals surface area contributed by atoms with Gasteiger partial charge >= 0.3 is 0 Å². The van der Waals surface area contributed by atoms with Crippen LogP contribution in [0, 0.1) is 5.82 Å². The largest absolute Gasteiger partial charge is 0.494 e. The Labute approximate surface area is 133 Å². The van der Waals surface area contributed by atoms with Gasteiger partial charge in [0, 0.05) is 6.20 Å². The molecule has 0 saturated carbocycles. The third kappa shape index (κ3) is 3.64. The highest BCUT2D eigenvalue weighted by atomic mass is 35.5. The zero-order chi connectivity index (χ0) is 15.4. The number of hydrogen-bond acceptors (Lipinski definition) is 3. The van der Waals surface area contributed by atoms with Crippen molar-refractivity contribution in [1.82, 2.24) is 10.3 Å². The summed E-state index contributed by atoms with van der Waals surface area (Å²) in [5.74, 6) is -0.150. The zero-order valence-corrected chi connectivity index (χ0v) is 13.2. The predicted octanol–water partition coefficient (Wildman–Crippen LogP) is 4.04. The van der Waals surface area contributed by atoms with Gasteiger partial charge in [-0.2, -0.15) is 0 Å². The van der Waals surface area contributed by atoms with E-state index in [9.17, 15) is 4.39 Å². The molecule has 0 saturated heterocycles. The van der Waals surface area contributed by atoms with E-state index in [0.717, 1.165) is 0 Å². The minimum atomic E-state index is -0.370. The molecule has 6 heteroatoms. The fourth-order valence-electron chi connectivity index (χ4n) is 2.11. The normalized spacial score (nSPS) is 12.2. The maximum absolute atomic E-state index is 14.2. The lowest BCUT2D eigenvalue weighted by Crippen LogP contribution is -2.21. The Balaban J connectivity index is 2.31. The lowest BCUT2D eigenvalue weighted by Gasteiger charge is -2.18. The Morgan fingerprint density at radius 1 is 1.38 bits per heavy atom. The average molecular weight is 329 g/mol. The molecule has 0 bridgehead atoms. The molecule has 0 amide bonds. The van der Waals surface area contributed by atoms with Crippen LogP contribution >= 0.6 is 23.2 Å². The monoisotopic (exact) mass is 328 g/mol. The average Bonchev–Trinajstić information content (AvgIpc) is 2.47. The summed E-state index contributed by atoms with van der Waals surface area (Å²) in [6.45, 7) is 0. The summed E-state index contributed by atoms with van der Waals surface area (Å²) < 4.78 is 19.2. The van der Waals surface area contributed by atoms with E-state index in [0.29, 0.717) is 27.7 Å². The molecular weight excluding hydrogens is 314 g/mol. The second-order valence-electron chi connectivity index (χ2n) is 4.50. The number of likely N-dealkylation sites (N-methyl/N-ethyl adjacent to an activating group) is 1. The summed E-state index contributed by atoms with van der Waals surface area (Å²) in [5, 5.41) is 4.01. The Morgan fingerprint density at radius 2 is 2.14 bits per heavy atom. The van der Waals surface area contributed by atoms with Crippen LogP contribution in [-0.4, -0.2) is 19.1 Å². The number of benzene rings is 1. The second-order valence-corrected chi connectivity index (χ2v) is 5.34. The van der Waals surface area contributed by atoms with E-state index in [-0.39, 0.29) is 17.6 Å². The molecule has 1 N–H and O–H groups in total. The van der Waals surface area contributed by atoms with Crippen LogP contribution < -0.4 is 10.1 Å². The smallest absolute Gasteiger partial charge is 0.168 e. The molecule has 0 radical (unpaired) electrons. The molecule has 21 heavy (non-hydrogen) atoms. The lowest BCUT2D eigenvalue weighted by molar-refractivity contribution is 0.382. The first-order chi connectivity index (χ1) is 10.1. The quantitative estimate of drug-likeness (QED) is 0.899. The fraction of sp³-hybridized carbons (Fsp3) is 0.267. The first-order valence-electron chi connectivity index (χ1n) is 6.36. The van der Waals surface area contributed by atoms with Crippen molar-refractivity contribution in [2.24, 2.45) is 0 Å². The van der Waals surface area contributed by atoms with Crippen molar-refractivity contribution in [3.8, 4) is 5.75 Å². The summed E-state index contributed by atoms with van der Waals surface area (Å²) in [4.78, 5) is 4.24. The van der Waals surface area contributed by atoms with Gasteiger partial charge in [-0.1, -0.05) is 35.3 Å². The molecule has 1 atom stereocenters. The van der Waals surface area contributed by atoms with Gasteiger partial charge in [0.2, 0.25) is 0 Å². The summed E-state index contributed by atoms with van der Waals surface area (Å²) in [7, 11) is 3.21. The molecule has 1 aromatic heterocycles. The number of nitrogens with zero attached hydrogens (tertiary/aromatic N) is 1. The van der Waals surface area contributed by atoms with Gasteiger partial charge in [0.25, 0.3) is 0 Å². The molecule has 3 nitrogen and oxygen atoms in total. The summed E-state index contributed by atoms with van der Waals surface area (Å²) in [5.41, 5.74) is 1.16. The van der Waals surface area contributed by atoms with Crippen molar-refractivity contribution in [3.05, 3.63) is 57.6 Å². The summed E-state index contributed by atoms with van der Waals surface area (Å²) in [6.07, 6.45) is 1.92.